The Labute approximate surface area is 187 Å². The van der Waals surface area contributed by atoms with Crippen LogP contribution in [0.15, 0.2) is 34.9 Å². The van der Waals surface area contributed by atoms with Gasteiger partial charge in [-0.05, 0) is 42.7 Å². The Hall–Kier alpha value is -3.28. The van der Waals surface area contributed by atoms with Gasteiger partial charge in [0.25, 0.3) is 0 Å². The van der Waals surface area contributed by atoms with E-state index >= 15 is 0 Å². The van der Waals surface area contributed by atoms with E-state index in [1.807, 2.05) is 37.4 Å². The van der Waals surface area contributed by atoms with Crippen LogP contribution in [0.2, 0.25) is 0 Å². The Morgan fingerprint density at radius 2 is 1.79 bits per heavy atom. The fraction of sp³-hybridized carbons (Fsp3) is 0.476. The summed E-state index contributed by atoms with van der Waals surface area (Å²) in [5.74, 6) is 2.17. The SMILES string of the molecule is CN(c1ccccc1)c1nc(N)nc(-c2noc(C3C[C@@H]4C(COCC(F)(F)F)[C@@H]4C3)n2)n1. The number of nitrogens with two attached hydrogens (primary N) is 1. The Morgan fingerprint density at radius 1 is 1.06 bits per heavy atom. The Bertz CT molecular complexity index is 1110. The first kappa shape index (κ1) is 21.6. The standard InChI is InChI=1S/C21H22F3N7O2/c1-31(12-5-3-2-4-6-12)20-28-16(27-19(25)29-20)17-26-18(33-30-17)11-7-13-14(8-11)15(13)9-32-10-21(22,23)24/h2-6,11,13-15H,7-10H2,1H3,(H2,25,27,28,29)/t11?,13-,14+,15?. The number of benzene rings is 1. The van der Waals surface area contributed by atoms with Gasteiger partial charge in [0.05, 0.1) is 6.61 Å². The minimum atomic E-state index is -4.29. The predicted molar refractivity (Wildman–Crippen MR) is 111 cm³/mol. The number of hydrogen-bond donors (Lipinski definition) is 1. The van der Waals surface area contributed by atoms with Gasteiger partial charge < -0.3 is 19.9 Å². The average Bonchev–Trinajstić information content (AvgIpc) is 3.17. The number of halogens is 3. The van der Waals surface area contributed by atoms with Crippen molar-refractivity contribution in [3.8, 4) is 11.6 Å². The largest absolute Gasteiger partial charge is 0.411 e. The lowest BCUT2D eigenvalue weighted by molar-refractivity contribution is -0.175. The summed E-state index contributed by atoms with van der Waals surface area (Å²) < 4.78 is 47.0. The number of nitrogens with zero attached hydrogens (tertiary/aromatic N) is 6. The maximum absolute atomic E-state index is 12.2. The zero-order valence-electron chi connectivity index (χ0n) is 17.7. The van der Waals surface area contributed by atoms with Crippen LogP contribution in [0.25, 0.3) is 11.6 Å². The van der Waals surface area contributed by atoms with Crippen molar-refractivity contribution in [1.29, 1.82) is 0 Å². The Morgan fingerprint density at radius 3 is 2.48 bits per heavy atom. The molecule has 3 aromatic rings. The molecule has 2 saturated carbocycles. The van der Waals surface area contributed by atoms with Crippen LogP contribution in [0.5, 0.6) is 0 Å². The van der Waals surface area contributed by atoms with Crippen LogP contribution < -0.4 is 10.6 Å². The van der Waals surface area contributed by atoms with Crippen molar-refractivity contribution >= 4 is 17.6 Å². The van der Waals surface area contributed by atoms with E-state index < -0.39 is 12.8 Å². The highest BCUT2D eigenvalue weighted by molar-refractivity contribution is 5.58. The van der Waals surface area contributed by atoms with Crippen LogP contribution in [0.4, 0.5) is 30.8 Å². The van der Waals surface area contributed by atoms with E-state index in [4.69, 9.17) is 15.0 Å². The highest BCUT2D eigenvalue weighted by Crippen LogP contribution is 2.62. The van der Waals surface area contributed by atoms with E-state index in [1.54, 1.807) is 4.90 Å². The summed E-state index contributed by atoms with van der Waals surface area (Å²) in [4.78, 5) is 19.0. The van der Waals surface area contributed by atoms with Crippen LogP contribution in [-0.2, 0) is 4.74 Å². The number of rotatable bonds is 7. The van der Waals surface area contributed by atoms with Crippen molar-refractivity contribution in [2.45, 2.75) is 24.9 Å². The van der Waals surface area contributed by atoms with Gasteiger partial charge in [0.15, 0.2) is 0 Å². The number of hydrogen-bond acceptors (Lipinski definition) is 9. The second-order valence-electron chi connectivity index (χ2n) is 8.46. The lowest BCUT2D eigenvalue weighted by Gasteiger charge is -2.17. The Kier molecular flexibility index (Phi) is 5.39. The molecule has 0 amide bonds. The van der Waals surface area contributed by atoms with Gasteiger partial charge in [0.2, 0.25) is 29.4 Å². The molecule has 0 bridgehead atoms. The van der Waals surface area contributed by atoms with E-state index in [0.717, 1.165) is 18.5 Å². The summed E-state index contributed by atoms with van der Waals surface area (Å²) in [6.07, 6.45) is -2.72. The number of fused-ring (bicyclic) bond motifs is 1. The number of ether oxygens (including phenoxy) is 1. The molecule has 2 aliphatic rings. The van der Waals surface area contributed by atoms with Crippen LogP contribution in [-0.4, -0.2) is 51.5 Å². The molecular formula is C21H22F3N7O2. The van der Waals surface area contributed by atoms with Crippen molar-refractivity contribution in [2.24, 2.45) is 17.8 Å². The molecule has 2 aliphatic carbocycles. The van der Waals surface area contributed by atoms with Crippen LogP contribution in [0.3, 0.4) is 0 Å². The van der Waals surface area contributed by atoms with Crippen LogP contribution in [0, 0.1) is 17.8 Å². The molecule has 5 rings (SSSR count). The first-order valence-corrected chi connectivity index (χ1v) is 10.6. The maximum atomic E-state index is 12.2. The third-order valence-corrected chi connectivity index (χ3v) is 6.27. The minimum Gasteiger partial charge on any atom is -0.372 e. The molecule has 0 spiro atoms. The summed E-state index contributed by atoms with van der Waals surface area (Å²) >= 11 is 0. The van der Waals surface area contributed by atoms with E-state index in [9.17, 15) is 13.2 Å². The van der Waals surface area contributed by atoms with E-state index in [2.05, 4.69) is 25.1 Å². The fourth-order valence-corrected chi connectivity index (χ4v) is 4.63. The number of alkyl halides is 3. The number of anilines is 3. The molecule has 2 N–H and O–H groups in total. The van der Waals surface area contributed by atoms with Crippen molar-refractivity contribution < 1.29 is 22.4 Å². The molecule has 2 fully saturated rings. The molecular weight excluding hydrogens is 439 g/mol. The van der Waals surface area contributed by atoms with Crippen LogP contribution >= 0.6 is 0 Å². The molecule has 33 heavy (non-hydrogen) atoms. The van der Waals surface area contributed by atoms with Crippen molar-refractivity contribution in [3.63, 3.8) is 0 Å². The predicted octanol–water partition coefficient (Wildman–Crippen LogP) is 3.59. The summed E-state index contributed by atoms with van der Waals surface area (Å²) in [6.45, 7) is -1.06. The summed E-state index contributed by atoms with van der Waals surface area (Å²) in [6, 6.07) is 9.55. The van der Waals surface area contributed by atoms with Crippen molar-refractivity contribution in [1.82, 2.24) is 25.1 Å². The molecule has 4 atom stereocenters. The van der Waals surface area contributed by atoms with Gasteiger partial charge in [0.1, 0.15) is 6.61 Å². The minimum absolute atomic E-state index is 0.0351. The molecule has 0 radical (unpaired) electrons. The second-order valence-corrected chi connectivity index (χ2v) is 8.46. The number of nitrogen functional groups attached to an aromatic ring is 1. The molecule has 12 heteroatoms. The van der Waals surface area contributed by atoms with E-state index in [-0.39, 0.29) is 36.0 Å². The monoisotopic (exact) mass is 461 g/mol. The van der Waals surface area contributed by atoms with Gasteiger partial charge in [-0.2, -0.15) is 33.1 Å². The van der Waals surface area contributed by atoms with Gasteiger partial charge in [-0.15, -0.1) is 0 Å². The average molecular weight is 461 g/mol. The van der Waals surface area contributed by atoms with E-state index in [0.29, 0.717) is 23.7 Å². The number of para-hydroxylation sites is 1. The van der Waals surface area contributed by atoms with Crippen LogP contribution in [0.1, 0.15) is 24.7 Å². The van der Waals surface area contributed by atoms with Gasteiger partial charge >= 0.3 is 6.18 Å². The van der Waals surface area contributed by atoms with Crippen molar-refractivity contribution in [2.75, 3.05) is 30.9 Å². The third kappa shape index (κ3) is 4.61. The lowest BCUT2D eigenvalue weighted by atomic mass is 10.0. The Balaban J connectivity index is 1.24. The fourth-order valence-electron chi connectivity index (χ4n) is 4.63. The third-order valence-electron chi connectivity index (χ3n) is 6.27. The quantitative estimate of drug-likeness (QED) is 0.563. The number of aromatic nitrogens is 5. The normalized spacial score (nSPS) is 24.0. The maximum Gasteiger partial charge on any atom is 0.411 e. The van der Waals surface area contributed by atoms with Gasteiger partial charge in [-0.3, -0.25) is 0 Å². The molecule has 2 aromatic heterocycles. The lowest BCUT2D eigenvalue weighted by Crippen LogP contribution is -2.18. The molecule has 2 unspecified atom stereocenters. The first-order chi connectivity index (χ1) is 15.8. The zero-order valence-corrected chi connectivity index (χ0v) is 17.7. The highest BCUT2D eigenvalue weighted by Gasteiger charge is 2.57. The topological polar surface area (TPSA) is 116 Å². The smallest absolute Gasteiger partial charge is 0.372 e. The zero-order chi connectivity index (χ0) is 23.2. The second kappa shape index (κ2) is 8.25. The molecule has 9 nitrogen and oxygen atoms in total. The van der Waals surface area contributed by atoms with E-state index in [1.165, 1.54) is 0 Å². The summed E-state index contributed by atoms with van der Waals surface area (Å²) in [5, 5.41) is 4.02. The molecule has 0 aliphatic heterocycles. The molecule has 1 aromatic carbocycles. The molecule has 174 valence electrons. The van der Waals surface area contributed by atoms with Gasteiger partial charge in [-0.25, -0.2) is 0 Å². The van der Waals surface area contributed by atoms with Gasteiger partial charge in [0, 0.05) is 18.7 Å². The molecule has 0 saturated heterocycles. The van der Waals surface area contributed by atoms with Crippen molar-refractivity contribution in [3.05, 3.63) is 36.2 Å². The summed E-state index contributed by atoms with van der Waals surface area (Å²) in [5.41, 5.74) is 6.77. The molecule has 2 heterocycles. The highest BCUT2D eigenvalue weighted by atomic mass is 19.4. The summed E-state index contributed by atoms with van der Waals surface area (Å²) in [7, 11) is 1.81. The van der Waals surface area contributed by atoms with Gasteiger partial charge in [-0.1, -0.05) is 23.4 Å². The first-order valence-electron chi connectivity index (χ1n) is 10.6.